The fourth-order valence-corrected chi connectivity index (χ4v) is 7.49. The number of aromatic nitrogens is 2. The number of benzene rings is 3. The Hall–Kier alpha value is -4.28. The van der Waals surface area contributed by atoms with Gasteiger partial charge in [-0.2, -0.15) is 0 Å². The second-order valence-corrected chi connectivity index (χ2v) is 12.9. The van der Waals surface area contributed by atoms with Crippen LogP contribution in [0.25, 0.3) is 11.4 Å². The Morgan fingerprint density at radius 3 is 2.40 bits per heavy atom. The van der Waals surface area contributed by atoms with E-state index in [1.165, 1.54) is 0 Å². The van der Waals surface area contributed by atoms with E-state index in [1.54, 1.807) is 60.7 Å². The van der Waals surface area contributed by atoms with Gasteiger partial charge in [0, 0.05) is 23.9 Å². The van der Waals surface area contributed by atoms with E-state index in [1.807, 2.05) is 31.2 Å². The fourth-order valence-electron chi connectivity index (χ4n) is 5.30. The van der Waals surface area contributed by atoms with Crippen molar-refractivity contribution in [2.24, 2.45) is 0 Å². The third-order valence-electron chi connectivity index (χ3n) is 7.79. The highest BCUT2D eigenvalue weighted by Gasteiger charge is 2.58. The van der Waals surface area contributed by atoms with Crippen LogP contribution in [0.3, 0.4) is 0 Å². The van der Waals surface area contributed by atoms with E-state index in [0.717, 1.165) is 0 Å². The van der Waals surface area contributed by atoms with E-state index in [-0.39, 0.29) is 6.04 Å². The summed E-state index contributed by atoms with van der Waals surface area (Å²) < 4.78 is 38.0. The highest BCUT2D eigenvalue weighted by atomic mass is 32.2. The first-order valence-corrected chi connectivity index (χ1v) is 15.4. The quantitative estimate of drug-likeness (QED) is 0.292. The monoisotopic (exact) mass is 584 g/mol. The van der Waals surface area contributed by atoms with E-state index >= 15 is 0 Å². The van der Waals surface area contributed by atoms with E-state index in [4.69, 9.17) is 19.4 Å². The Labute approximate surface area is 245 Å². The summed E-state index contributed by atoms with van der Waals surface area (Å²) in [6, 6.07) is 24.9. The molecular weight excluding hydrogens is 552 g/mol. The standard InChI is InChI=1S/C32H32N4O5S/c1-22-8-6-7-11-27(22)42(38,39)32(16-17-32)28-20-29(36-18-19-40-21-23(36)2)35-30(34-28)24-12-14-25(15-13-24)33-31(37)41-26-9-4-3-5-10-26/h3-15,20,23H,16-19,21H2,1-2H3,(H,33,37)/t23-/m0/s1. The lowest BCUT2D eigenvalue weighted by atomic mass is 10.1. The van der Waals surface area contributed by atoms with Crippen molar-refractivity contribution in [3.63, 3.8) is 0 Å². The highest BCUT2D eigenvalue weighted by molar-refractivity contribution is 7.92. The summed E-state index contributed by atoms with van der Waals surface area (Å²) in [5.74, 6) is 1.54. The van der Waals surface area contributed by atoms with Gasteiger partial charge >= 0.3 is 6.09 Å². The molecule has 9 nitrogen and oxygen atoms in total. The zero-order valence-corrected chi connectivity index (χ0v) is 24.3. The number of carbonyl (C=O) groups is 1. The van der Waals surface area contributed by atoms with Crippen molar-refractivity contribution < 1.29 is 22.7 Å². The largest absolute Gasteiger partial charge is 0.417 e. The SMILES string of the molecule is Cc1ccccc1S(=O)(=O)C1(c2cc(N3CCOC[C@@H]3C)nc(-c3ccc(NC(=O)Oc4ccccc4)cc3)n2)CC1. The summed E-state index contributed by atoms with van der Waals surface area (Å²) in [6.07, 6.45) is 0.378. The Kier molecular flexibility index (Phi) is 7.42. The first-order valence-electron chi connectivity index (χ1n) is 14.0. The molecule has 1 aliphatic heterocycles. The number of amides is 1. The molecule has 3 aromatic carbocycles. The lowest BCUT2D eigenvalue weighted by molar-refractivity contribution is 0.0985. The van der Waals surface area contributed by atoms with Gasteiger partial charge in [0.25, 0.3) is 0 Å². The maximum absolute atomic E-state index is 14.1. The van der Waals surface area contributed by atoms with E-state index in [2.05, 4.69) is 17.1 Å². The van der Waals surface area contributed by atoms with Gasteiger partial charge in [-0.05, 0) is 74.7 Å². The number of rotatable bonds is 7. The average molecular weight is 585 g/mol. The van der Waals surface area contributed by atoms with Crippen molar-refractivity contribution in [1.29, 1.82) is 0 Å². The average Bonchev–Trinajstić information content (AvgIpc) is 3.81. The van der Waals surface area contributed by atoms with Crippen molar-refractivity contribution in [3.8, 4) is 17.1 Å². The van der Waals surface area contributed by atoms with Gasteiger partial charge < -0.3 is 14.4 Å². The molecular formula is C32H32N4O5S. The topological polar surface area (TPSA) is 111 Å². The number of nitrogens with zero attached hydrogens (tertiary/aromatic N) is 3. The van der Waals surface area contributed by atoms with Gasteiger partial charge in [-0.3, -0.25) is 5.32 Å². The molecule has 6 rings (SSSR count). The molecule has 1 N–H and O–H groups in total. The number of ether oxygens (including phenoxy) is 2. The highest BCUT2D eigenvalue weighted by Crippen LogP contribution is 2.55. The Balaban J connectivity index is 1.34. The van der Waals surface area contributed by atoms with Crippen molar-refractivity contribution in [1.82, 2.24) is 9.97 Å². The number of aryl methyl sites for hydroxylation is 1. The predicted molar refractivity (Wildman–Crippen MR) is 160 cm³/mol. The molecule has 2 fully saturated rings. The summed E-state index contributed by atoms with van der Waals surface area (Å²) >= 11 is 0. The third-order valence-corrected chi connectivity index (χ3v) is 10.5. The van der Waals surface area contributed by atoms with Crippen LogP contribution >= 0.6 is 0 Å². The first-order chi connectivity index (χ1) is 20.3. The van der Waals surface area contributed by atoms with Gasteiger partial charge in [0.15, 0.2) is 15.7 Å². The van der Waals surface area contributed by atoms with Gasteiger partial charge in [0.05, 0.1) is 29.8 Å². The zero-order chi connectivity index (χ0) is 29.3. The second kappa shape index (κ2) is 11.2. The van der Waals surface area contributed by atoms with Crippen LogP contribution in [-0.2, 0) is 19.3 Å². The van der Waals surface area contributed by atoms with Crippen LogP contribution in [-0.4, -0.2) is 50.3 Å². The lowest BCUT2D eigenvalue weighted by Gasteiger charge is -2.34. The molecule has 2 heterocycles. The van der Waals surface area contributed by atoms with E-state index in [9.17, 15) is 13.2 Å². The molecule has 0 radical (unpaired) electrons. The van der Waals surface area contributed by atoms with E-state index in [0.29, 0.717) is 77.4 Å². The number of anilines is 2. The minimum atomic E-state index is -3.71. The zero-order valence-electron chi connectivity index (χ0n) is 23.5. The maximum Gasteiger partial charge on any atom is 0.417 e. The van der Waals surface area contributed by atoms with Crippen LogP contribution in [0.1, 0.15) is 31.0 Å². The van der Waals surface area contributed by atoms with Crippen LogP contribution in [0.4, 0.5) is 16.3 Å². The van der Waals surface area contributed by atoms with Gasteiger partial charge in [0.1, 0.15) is 16.3 Å². The van der Waals surface area contributed by atoms with E-state index < -0.39 is 20.7 Å². The van der Waals surface area contributed by atoms with Gasteiger partial charge in [0.2, 0.25) is 0 Å². The summed E-state index contributed by atoms with van der Waals surface area (Å²) in [5, 5.41) is 2.72. The Morgan fingerprint density at radius 2 is 1.71 bits per heavy atom. The van der Waals surface area contributed by atoms with Crippen LogP contribution in [0, 0.1) is 6.92 Å². The molecule has 1 amide bonds. The van der Waals surface area contributed by atoms with Gasteiger partial charge in [-0.15, -0.1) is 0 Å². The van der Waals surface area contributed by atoms with Crippen LogP contribution in [0.2, 0.25) is 0 Å². The van der Waals surface area contributed by atoms with Crippen molar-refractivity contribution in [2.75, 3.05) is 30.0 Å². The van der Waals surface area contributed by atoms with Crippen molar-refractivity contribution >= 4 is 27.4 Å². The minimum Gasteiger partial charge on any atom is -0.410 e. The summed E-state index contributed by atoms with van der Waals surface area (Å²) in [6.45, 7) is 5.64. The second-order valence-electron chi connectivity index (χ2n) is 10.7. The molecule has 1 saturated carbocycles. The first kappa shape index (κ1) is 27.9. The number of hydrogen-bond acceptors (Lipinski definition) is 8. The molecule has 2 aliphatic rings. The molecule has 42 heavy (non-hydrogen) atoms. The predicted octanol–water partition coefficient (Wildman–Crippen LogP) is 5.75. The molecule has 0 spiro atoms. The smallest absolute Gasteiger partial charge is 0.410 e. The summed E-state index contributed by atoms with van der Waals surface area (Å²) in [7, 11) is -3.71. The Morgan fingerprint density at radius 1 is 1.00 bits per heavy atom. The number of sulfone groups is 1. The van der Waals surface area contributed by atoms with Crippen LogP contribution < -0.4 is 15.0 Å². The number of para-hydroxylation sites is 1. The van der Waals surface area contributed by atoms with Crippen LogP contribution in [0.5, 0.6) is 5.75 Å². The number of hydrogen-bond donors (Lipinski definition) is 1. The summed E-state index contributed by atoms with van der Waals surface area (Å²) in [4.78, 5) is 24.6. The van der Waals surface area contributed by atoms with Gasteiger partial charge in [-0.1, -0.05) is 36.4 Å². The number of morpholine rings is 1. The molecule has 216 valence electrons. The molecule has 0 unspecified atom stereocenters. The third kappa shape index (κ3) is 5.35. The number of nitrogens with one attached hydrogen (secondary N) is 1. The fraction of sp³-hybridized carbons (Fsp3) is 0.281. The van der Waals surface area contributed by atoms with Crippen LogP contribution in [0.15, 0.2) is 89.8 Å². The molecule has 10 heteroatoms. The minimum absolute atomic E-state index is 0.0691. The molecule has 0 bridgehead atoms. The maximum atomic E-state index is 14.1. The number of carbonyl (C=O) groups excluding carboxylic acids is 1. The van der Waals surface area contributed by atoms with Gasteiger partial charge in [-0.25, -0.2) is 23.2 Å². The normalized spacial score (nSPS) is 17.9. The molecule has 4 aromatic rings. The van der Waals surface area contributed by atoms with Crippen molar-refractivity contribution in [3.05, 3.63) is 96.2 Å². The molecule has 1 saturated heterocycles. The molecule has 1 atom stereocenters. The molecule has 1 aromatic heterocycles. The molecule has 1 aliphatic carbocycles. The van der Waals surface area contributed by atoms with Crippen molar-refractivity contribution in [2.45, 2.75) is 42.4 Å². The summed E-state index contributed by atoms with van der Waals surface area (Å²) in [5.41, 5.74) is 2.45. The Bertz CT molecular complexity index is 1710. The lowest BCUT2D eigenvalue weighted by Crippen LogP contribution is -2.44.